The third kappa shape index (κ3) is 4.42. The lowest BCUT2D eigenvalue weighted by atomic mass is 9.73. The zero-order chi connectivity index (χ0) is 21.8. The van der Waals surface area contributed by atoms with Gasteiger partial charge in [-0.15, -0.1) is 0 Å². The number of benzene rings is 2. The van der Waals surface area contributed by atoms with Crippen molar-refractivity contribution in [1.29, 1.82) is 0 Å². The van der Waals surface area contributed by atoms with Crippen LogP contribution < -0.4 is 11.1 Å². The maximum atomic E-state index is 13.4. The van der Waals surface area contributed by atoms with Gasteiger partial charge in [0, 0.05) is 36.9 Å². The number of aromatic nitrogens is 2. The number of thiol groups is 1. The Balaban J connectivity index is 1.63. The Morgan fingerprint density at radius 3 is 2.32 bits per heavy atom. The average Bonchev–Trinajstić information content (AvgIpc) is 2.80. The quantitative estimate of drug-likeness (QED) is 0.523. The normalized spacial score (nSPS) is 15.5. The molecule has 0 saturated carbocycles. The predicted molar refractivity (Wildman–Crippen MR) is 117 cm³/mol. The van der Waals surface area contributed by atoms with E-state index in [2.05, 4.69) is 15.3 Å². The molecule has 3 N–H and O–H groups in total. The molecule has 0 unspecified atom stereocenters. The number of rotatable bonds is 5. The number of carbonyl (C=O) groups excluding carboxylic acids is 1. The third-order valence-electron chi connectivity index (χ3n) is 5.54. The van der Waals surface area contributed by atoms with E-state index in [9.17, 15) is 13.2 Å². The molecule has 1 saturated heterocycles. The minimum Gasteiger partial charge on any atom is -0.381 e. The molecule has 1 amide bonds. The molecule has 1 aliphatic heterocycles. The Bertz CT molecular complexity index is 1150. The standard InChI is InChI=1S/C22H22N4O4S/c23-21-24-13-16(14-25-21)15-4-6-17(7-5-15)22(8-10-30-11-9-22)20(27)26-18-2-1-3-19(12-18)31(28)29/h1-7,12-14,31H,8-11H2,(H,26,27)(H2,23,24,25). The molecule has 1 aliphatic rings. The molecule has 0 radical (unpaired) electrons. The zero-order valence-corrected chi connectivity index (χ0v) is 17.5. The Labute approximate surface area is 181 Å². The molecule has 0 aliphatic carbocycles. The smallest absolute Gasteiger partial charge is 0.235 e. The van der Waals surface area contributed by atoms with Crippen molar-refractivity contribution in [3.63, 3.8) is 0 Å². The van der Waals surface area contributed by atoms with Gasteiger partial charge in [0.15, 0.2) is 10.7 Å². The van der Waals surface area contributed by atoms with E-state index >= 15 is 0 Å². The Kier molecular flexibility index (Phi) is 5.97. The van der Waals surface area contributed by atoms with Crippen molar-refractivity contribution in [3.8, 4) is 11.1 Å². The van der Waals surface area contributed by atoms with Crippen LogP contribution in [0, 0.1) is 0 Å². The van der Waals surface area contributed by atoms with E-state index in [1.807, 2.05) is 24.3 Å². The summed E-state index contributed by atoms with van der Waals surface area (Å²) in [6.07, 6.45) is 4.36. The number of amides is 1. The van der Waals surface area contributed by atoms with Crippen molar-refractivity contribution in [1.82, 2.24) is 9.97 Å². The minimum absolute atomic E-state index is 0.156. The lowest BCUT2D eigenvalue weighted by Crippen LogP contribution is -2.44. The van der Waals surface area contributed by atoms with Crippen LogP contribution >= 0.6 is 0 Å². The van der Waals surface area contributed by atoms with Gasteiger partial charge in [-0.1, -0.05) is 30.3 Å². The van der Waals surface area contributed by atoms with E-state index < -0.39 is 16.1 Å². The Morgan fingerprint density at radius 2 is 1.68 bits per heavy atom. The first-order valence-electron chi connectivity index (χ1n) is 9.80. The van der Waals surface area contributed by atoms with E-state index in [0.717, 1.165) is 16.7 Å². The van der Waals surface area contributed by atoms with Crippen molar-refractivity contribution >= 4 is 28.2 Å². The van der Waals surface area contributed by atoms with Crippen LogP contribution in [-0.2, 0) is 25.7 Å². The van der Waals surface area contributed by atoms with E-state index in [0.29, 0.717) is 31.7 Å². The van der Waals surface area contributed by atoms with E-state index in [-0.39, 0.29) is 16.8 Å². The van der Waals surface area contributed by atoms with E-state index in [1.165, 1.54) is 12.1 Å². The molecule has 0 atom stereocenters. The fourth-order valence-electron chi connectivity index (χ4n) is 3.78. The van der Waals surface area contributed by atoms with Gasteiger partial charge in [0.25, 0.3) is 0 Å². The number of nitrogens with two attached hydrogens (primary N) is 1. The maximum absolute atomic E-state index is 13.4. The lowest BCUT2D eigenvalue weighted by Gasteiger charge is -2.36. The molecular weight excluding hydrogens is 416 g/mol. The topological polar surface area (TPSA) is 124 Å². The monoisotopic (exact) mass is 438 g/mol. The van der Waals surface area contributed by atoms with Crippen molar-refractivity contribution in [2.45, 2.75) is 23.2 Å². The molecule has 8 nitrogen and oxygen atoms in total. The molecule has 9 heteroatoms. The summed E-state index contributed by atoms with van der Waals surface area (Å²) in [5.74, 6) is 0.0291. The molecular formula is C22H22N4O4S. The summed E-state index contributed by atoms with van der Waals surface area (Å²) in [4.78, 5) is 21.6. The number of nitrogens with zero attached hydrogens (tertiary/aromatic N) is 2. The van der Waals surface area contributed by atoms with Gasteiger partial charge in [-0.05, 0) is 42.2 Å². The number of carbonyl (C=O) groups is 1. The van der Waals surface area contributed by atoms with Crippen molar-refractivity contribution in [3.05, 3.63) is 66.5 Å². The highest BCUT2D eigenvalue weighted by molar-refractivity contribution is 7.72. The van der Waals surface area contributed by atoms with Crippen LogP contribution in [0.1, 0.15) is 18.4 Å². The lowest BCUT2D eigenvalue weighted by molar-refractivity contribution is -0.125. The number of ether oxygens (including phenoxy) is 1. The first kappa shape index (κ1) is 21.0. The maximum Gasteiger partial charge on any atom is 0.235 e. The molecule has 160 valence electrons. The molecule has 0 bridgehead atoms. The summed E-state index contributed by atoms with van der Waals surface area (Å²) in [6, 6.07) is 14.0. The van der Waals surface area contributed by atoms with Crippen molar-refractivity contribution in [2.75, 3.05) is 24.3 Å². The summed E-state index contributed by atoms with van der Waals surface area (Å²) < 4.78 is 28.1. The van der Waals surface area contributed by atoms with Gasteiger partial charge >= 0.3 is 0 Å². The van der Waals surface area contributed by atoms with Gasteiger partial charge in [0.2, 0.25) is 11.9 Å². The van der Waals surface area contributed by atoms with Crippen LogP contribution in [0.3, 0.4) is 0 Å². The van der Waals surface area contributed by atoms with Crippen LogP contribution in [0.2, 0.25) is 0 Å². The second-order valence-corrected chi connectivity index (χ2v) is 8.39. The summed E-state index contributed by atoms with van der Waals surface area (Å²) in [5, 5.41) is 2.90. The van der Waals surface area contributed by atoms with Gasteiger partial charge in [-0.3, -0.25) is 4.79 Å². The SMILES string of the molecule is Nc1ncc(-c2ccc(C3(C(=O)Nc4cccc([SH](=O)=O)c4)CCOCC3)cc2)cn1. The number of nitrogens with one attached hydrogen (secondary N) is 1. The van der Waals surface area contributed by atoms with Crippen LogP contribution in [0.4, 0.5) is 11.6 Å². The van der Waals surface area contributed by atoms with Gasteiger partial charge in [0.05, 0.1) is 10.3 Å². The van der Waals surface area contributed by atoms with Crippen LogP contribution in [0.5, 0.6) is 0 Å². The highest BCUT2D eigenvalue weighted by Crippen LogP contribution is 2.37. The number of anilines is 2. The largest absolute Gasteiger partial charge is 0.381 e. The summed E-state index contributed by atoms with van der Waals surface area (Å²) in [5.41, 5.74) is 7.85. The summed E-state index contributed by atoms with van der Waals surface area (Å²) >= 11 is 0. The molecule has 3 aromatic rings. The molecule has 0 spiro atoms. The molecule has 1 aromatic heterocycles. The first-order chi connectivity index (χ1) is 15.0. The van der Waals surface area contributed by atoms with Crippen molar-refractivity contribution in [2.24, 2.45) is 0 Å². The summed E-state index contributed by atoms with van der Waals surface area (Å²) in [6.45, 7) is 0.931. The Morgan fingerprint density at radius 1 is 1.00 bits per heavy atom. The molecule has 2 aromatic carbocycles. The number of hydrogen-bond donors (Lipinski definition) is 3. The van der Waals surface area contributed by atoms with E-state index in [1.54, 1.807) is 24.5 Å². The fraction of sp³-hybridized carbons (Fsp3) is 0.227. The van der Waals surface area contributed by atoms with Gasteiger partial charge < -0.3 is 15.8 Å². The fourth-order valence-corrected chi connectivity index (χ4v) is 4.24. The van der Waals surface area contributed by atoms with Crippen LogP contribution in [-0.4, -0.2) is 37.5 Å². The first-order valence-corrected chi connectivity index (χ1v) is 11.0. The van der Waals surface area contributed by atoms with Crippen LogP contribution in [0.25, 0.3) is 11.1 Å². The predicted octanol–water partition coefficient (Wildman–Crippen LogP) is 2.38. The van der Waals surface area contributed by atoms with Gasteiger partial charge in [-0.2, -0.15) is 0 Å². The molecule has 31 heavy (non-hydrogen) atoms. The van der Waals surface area contributed by atoms with Crippen LogP contribution in [0.15, 0.2) is 65.8 Å². The molecule has 4 rings (SSSR count). The zero-order valence-electron chi connectivity index (χ0n) is 16.7. The molecule has 2 heterocycles. The minimum atomic E-state index is -2.73. The Hall–Kier alpha value is -3.30. The third-order valence-corrected chi connectivity index (χ3v) is 6.24. The van der Waals surface area contributed by atoms with Gasteiger partial charge in [-0.25, -0.2) is 18.4 Å². The van der Waals surface area contributed by atoms with Crippen molar-refractivity contribution < 1.29 is 17.9 Å². The highest BCUT2D eigenvalue weighted by Gasteiger charge is 2.41. The highest BCUT2D eigenvalue weighted by atomic mass is 32.2. The number of nitrogen functional groups attached to an aromatic ring is 1. The second-order valence-electron chi connectivity index (χ2n) is 7.36. The molecule has 1 fully saturated rings. The van der Waals surface area contributed by atoms with Gasteiger partial charge in [0.1, 0.15) is 0 Å². The van der Waals surface area contributed by atoms with E-state index in [4.69, 9.17) is 10.5 Å². The number of hydrogen-bond acceptors (Lipinski definition) is 7. The average molecular weight is 439 g/mol. The second kappa shape index (κ2) is 8.83. The summed E-state index contributed by atoms with van der Waals surface area (Å²) in [7, 11) is -2.73.